The molecule has 106 valence electrons. The summed E-state index contributed by atoms with van der Waals surface area (Å²) in [5, 5.41) is 11.9. The molecule has 0 aliphatic carbocycles. The second-order valence-corrected chi connectivity index (χ2v) is 4.61. The minimum absolute atomic E-state index is 0.0242. The van der Waals surface area contributed by atoms with Gasteiger partial charge in [-0.05, 0) is 30.3 Å². The van der Waals surface area contributed by atoms with Gasteiger partial charge in [-0.25, -0.2) is 4.98 Å². The van der Waals surface area contributed by atoms with Crippen LogP contribution in [0.25, 0.3) is 0 Å². The van der Waals surface area contributed by atoms with Crippen LogP contribution >= 0.6 is 11.6 Å². The third-order valence-corrected chi connectivity index (χ3v) is 2.79. The van der Waals surface area contributed by atoms with E-state index >= 15 is 0 Å². The summed E-state index contributed by atoms with van der Waals surface area (Å²) in [6.45, 7) is 0.0242. The first-order valence-electron chi connectivity index (χ1n) is 6.32. The second-order valence-electron chi connectivity index (χ2n) is 4.17. The number of aromatic nitrogens is 1. The van der Waals surface area contributed by atoms with Crippen molar-refractivity contribution in [1.82, 2.24) is 4.98 Å². The number of aliphatic hydroxyl groups excluding tert-OH is 1. The van der Waals surface area contributed by atoms with Crippen molar-refractivity contribution in [1.29, 1.82) is 0 Å². The van der Waals surface area contributed by atoms with Crippen LogP contribution in [0.2, 0.25) is 5.02 Å². The Morgan fingerprint density at radius 1 is 1.33 bits per heavy atom. The molecule has 0 saturated heterocycles. The molecule has 0 bridgehead atoms. The van der Waals surface area contributed by atoms with Gasteiger partial charge >= 0.3 is 0 Å². The highest BCUT2D eigenvalue weighted by Crippen LogP contribution is 2.13. The Bertz CT molecular complexity index is 705. The number of benzene rings is 1. The number of hydrogen-bond acceptors (Lipinski definition) is 3. The molecule has 2 rings (SSSR count). The zero-order chi connectivity index (χ0) is 15.1. The average Bonchev–Trinajstić information content (AvgIpc) is 2.48. The lowest BCUT2D eigenvalue weighted by molar-refractivity contribution is 0.102. The SMILES string of the molecule is O=C(Nc1cc(C#CCCO)ccn1)c1cccc(Cl)c1. The summed E-state index contributed by atoms with van der Waals surface area (Å²) in [5.74, 6) is 5.82. The van der Waals surface area contributed by atoms with Crippen molar-refractivity contribution in [3.63, 3.8) is 0 Å². The summed E-state index contributed by atoms with van der Waals surface area (Å²) in [4.78, 5) is 16.1. The highest BCUT2D eigenvalue weighted by molar-refractivity contribution is 6.31. The number of aliphatic hydroxyl groups is 1. The number of halogens is 1. The summed E-state index contributed by atoms with van der Waals surface area (Å²) in [6, 6.07) is 10.1. The number of nitrogens with one attached hydrogen (secondary N) is 1. The lowest BCUT2D eigenvalue weighted by Gasteiger charge is -2.05. The minimum atomic E-state index is -0.287. The van der Waals surface area contributed by atoms with Crippen LogP contribution in [0, 0.1) is 11.8 Å². The van der Waals surface area contributed by atoms with Gasteiger partial charge in [0.1, 0.15) is 5.82 Å². The molecule has 5 heteroatoms. The first-order chi connectivity index (χ1) is 10.2. The van der Waals surface area contributed by atoms with Crippen LogP contribution in [-0.4, -0.2) is 22.6 Å². The fourth-order valence-corrected chi connectivity index (χ4v) is 1.81. The molecular weight excluding hydrogens is 288 g/mol. The van der Waals surface area contributed by atoms with Crippen LogP contribution in [-0.2, 0) is 0 Å². The molecule has 2 aromatic rings. The molecule has 0 spiro atoms. The van der Waals surface area contributed by atoms with Crippen LogP contribution in [0.5, 0.6) is 0 Å². The Kier molecular flexibility index (Phi) is 5.33. The van der Waals surface area contributed by atoms with E-state index < -0.39 is 0 Å². The largest absolute Gasteiger partial charge is 0.395 e. The topological polar surface area (TPSA) is 62.2 Å². The molecule has 0 aliphatic heterocycles. The zero-order valence-electron chi connectivity index (χ0n) is 11.1. The third-order valence-electron chi connectivity index (χ3n) is 2.56. The molecule has 0 unspecified atom stereocenters. The predicted molar refractivity (Wildman–Crippen MR) is 82.2 cm³/mol. The predicted octanol–water partition coefficient (Wildman–Crippen LogP) is 2.72. The van der Waals surface area contributed by atoms with Crippen molar-refractivity contribution < 1.29 is 9.90 Å². The van der Waals surface area contributed by atoms with Gasteiger partial charge in [-0.3, -0.25) is 4.79 Å². The minimum Gasteiger partial charge on any atom is -0.395 e. The first kappa shape index (κ1) is 15.0. The van der Waals surface area contributed by atoms with Crippen molar-refractivity contribution in [2.75, 3.05) is 11.9 Å². The molecule has 0 atom stereocenters. The number of carbonyl (C=O) groups is 1. The van der Waals surface area contributed by atoms with Gasteiger partial charge in [-0.1, -0.05) is 29.5 Å². The molecule has 2 N–H and O–H groups in total. The molecular formula is C16H13ClN2O2. The Labute approximate surface area is 127 Å². The van der Waals surface area contributed by atoms with Gasteiger partial charge < -0.3 is 10.4 Å². The lowest BCUT2D eigenvalue weighted by Crippen LogP contribution is -2.12. The third kappa shape index (κ3) is 4.60. The van der Waals surface area contributed by atoms with Gasteiger partial charge in [0.25, 0.3) is 5.91 Å². The van der Waals surface area contributed by atoms with E-state index in [4.69, 9.17) is 16.7 Å². The monoisotopic (exact) mass is 300 g/mol. The van der Waals surface area contributed by atoms with E-state index in [9.17, 15) is 4.79 Å². The summed E-state index contributed by atoms with van der Waals surface area (Å²) in [6.07, 6.45) is 1.98. The Morgan fingerprint density at radius 2 is 2.19 bits per heavy atom. The molecule has 0 saturated carbocycles. The Hall–Kier alpha value is -2.35. The van der Waals surface area contributed by atoms with Crippen molar-refractivity contribution in [3.8, 4) is 11.8 Å². The van der Waals surface area contributed by atoms with E-state index in [1.54, 1.807) is 42.6 Å². The number of hydrogen-bond donors (Lipinski definition) is 2. The van der Waals surface area contributed by atoms with Crippen molar-refractivity contribution in [3.05, 3.63) is 58.7 Å². The quantitative estimate of drug-likeness (QED) is 0.857. The maximum Gasteiger partial charge on any atom is 0.256 e. The molecule has 0 fully saturated rings. The van der Waals surface area contributed by atoms with Crippen molar-refractivity contribution in [2.45, 2.75) is 6.42 Å². The number of nitrogens with zero attached hydrogens (tertiary/aromatic N) is 1. The van der Waals surface area contributed by atoms with E-state index in [1.165, 1.54) is 0 Å². The van der Waals surface area contributed by atoms with Crippen LogP contribution in [0.3, 0.4) is 0 Å². The average molecular weight is 301 g/mol. The molecule has 1 aromatic heterocycles. The number of pyridine rings is 1. The van der Waals surface area contributed by atoms with Crippen LogP contribution in [0.1, 0.15) is 22.3 Å². The molecule has 4 nitrogen and oxygen atoms in total. The van der Waals surface area contributed by atoms with Crippen LogP contribution in [0.4, 0.5) is 5.82 Å². The summed E-state index contributed by atoms with van der Waals surface area (Å²) >= 11 is 5.85. The van der Waals surface area contributed by atoms with E-state index in [-0.39, 0.29) is 12.5 Å². The zero-order valence-corrected chi connectivity index (χ0v) is 11.9. The molecule has 1 aromatic carbocycles. The van der Waals surface area contributed by atoms with E-state index in [2.05, 4.69) is 22.1 Å². The molecule has 1 amide bonds. The fourth-order valence-electron chi connectivity index (χ4n) is 1.62. The maximum atomic E-state index is 12.1. The fraction of sp³-hybridized carbons (Fsp3) is 0.125. The molecule has 0 aliphatic rings. The summed E-state index contributed by atoms with van der Waals surface area (Å²) < 4.78 is 0. The van der Waals surface area contributed by atoms with Gasteiger partial charge in [-0.2, -0.15) is 0 Å². The van der Waals surface area contributed by atoms with Gasteiger partial charge in [-0.15, -0.1) is 0 Å². The van der Waals surface area contributed by atoms with Gasteiger partial charge in [0.2, 0.25) is 0 Å². The van der Waals surface area contributed by atoms with Crippen molar-refractivity contribution in [2.24, 2.45) is 0 Å². The summed E-state index contributed by atoms with van der Waals surface area (Å²) in [7, 11) is 0. The van der Waals surface area contributed by atoms with Crippen LogP contribution in [0.15, 0.2) is 42.6 Å². The van der Waals surface area contributed by atoms with E-state index in [0.29, 0.717) is 22.8 Å². The van der Waals surface area contributed by atoms with E-state index in [1.807, 2.05) is 0 Å². The number of amides is 1. The smallest absolute Gasteiger partial charge is 0.256 e. The van der Waals surface area contributed by atoms with Gasteiger partial charge in [0.05, 0.1) is 6.61 Å². The molecule has 21 heavy (non-hydrogen) atoms. The summed E-state index contributed by atoms with van der Waals surface area (Å²) in [5.41, 5.74) is 1.18. The standard InChI is InChI=1S/C16H13ClN2O2/c17-14-6-3-5-13(11-14)16(21)19-15-10-12(7-8-18-15)4-1-2-9-20/h3,5-8,10-11,20H,2,9H2,(H,18,19,21). The number of carbonyl (C=O) groups excluding carboxylic acids is 1. The Morgan fingerprint density at radius 3 is 2.95 bits per heavy atom. The highest BCUT2D eigenvalue weighted by Gasteiger charge is 2.07. The second kappa shape index (κ2) is 7.44. The normalized spacial score (nSPS) is 9.62. The van der Waals surface area contributed by atoms with Gasteiger partial charge in [0.15, 0.2) is 0 Å². The maximum absolute atomic E-state index is 12.1. The van der Waals surface area contributed by atoms with E-state index in [0.717, 1.165) is 5.56 Å². The van der Waals surface area contributed by atoms with Crippen LogP contribution < -0.4 is 5.32 Å². The molecule has 1 heterocycles. The van der Waals surface area contributed by atoms with Crippen molar-refractivity contribution >= 4 is 23.3 Å². The van der Waals surface area contributed by atoms with Gasteiger partial charge in [0, 0.05) is 28.8 Å². The number of anilines is 1. The highest BCUT2D eigenvalue weighted by atomic mass is 35.5. The molecule has 0 radical (unpaired) electrons. The Balaban J connectivity index is 2.11. The number of rotatable bonds is 3. The first-order valence-corrected chi connectivity index (χ1v) is 6.69. The lowest BCUT2D eigenvalue weighted by atomic mass is 10.2.